The minimum atomic E-state index is -1.08. The van der Waals surface area contributed by atoms with Crippen molar-refractivity contribution in [1.82, 2.24) is 21.3 Å². The minimum absolute atomic E-state index is 0.169. The first-order valence-corrected chi connectivity index (χ1v) is 12.3. The Balaban J connectivity index is 3.06. The van der Waals surface area contributed by atoms with Crippen LogP contribution in [0.2, 0.25) is 0 Å². The second-order valence-corrected chi connectivity index (χ2v) is 8.93. The third kappa shape index (κ3) is 8.72. The van der Waals surface area contributed by atoms with E-state index in [1.54, 1.807) is 13.8 Å². The molecule has 0 aliphatic rings. The SMILES string of the molecule is C=C(N)NCCC[C@H](NC(=O)C(CC)(CC)NC(=O)C(C)C)C(=O)N[C@@H](CC)c1ccccc1. The highest BCUT2D eigenvalue weighted by atomic mass is 16.2. The predicted octanol–water partition coefficient (Wildman–Crippen LogP) is 2.87. The third-order valence-corrected chi connectivity index (χ3v) is 6.10. The summed E-state index contributed by atoms with van der Waals surface area (Å²) in [6.07, 6.45) is 2.55. The van der Waals surface area contributed by atoms with Gasteiger partial charge in [-0.15, -0.1) is 0 Å². The summed E-state index contributed by atoms with van der Waals surface area (Å²) >= 11 is 0. The normalized spacial score (nSPS) is 13.0. The van der Waals surface area contributed by atoms with Gasteiger partial charge in [0, 0.05) is 12.5 Å². The van der Waals surface area contributed by atoms with Crippen LogP contribution >= 0.6 is 0 Å². The Labute approximate surface area is 204 Å². The molecule has 0 saturated carbocycles. The van der Waals surface area contributed by atoms with Gasteiger partial charge in [0.05, 0.1) is 11.9 Å². The molecule has 8 heteroatoms. The quantitative estimate of drug-likeness (QED) is 0.251. The summed E-state index contributed by atoms with van der Waals surface area (Å²) in [6.45, 7) is 13.4. The van der Waals surface area contributed by atoms with E-state index >= 15 is 0 Å². The fourth-order valence-corrected chi connectivity index (χ4v) is 3.68. The molecule has 6 N–H and O–H groups in total. The van der Waals surface area contributed by atoms with Crippen LogP contribution in [0.25, 0.3) is 0 Å². The molecule has 0 unspecified atom stereocenters. The van der Waals surface area contributed by atoms with Crippen molar-refractivity contribution in [2.45, 2.75) is 84.3 Å². The standard InChI is InChI=1S/C26H43N5O3/c1-7-21(20-14-11-10-12-15-20)29-24(33)22(16-13-17-28-19(6)27)30-25(34)26(8-2,9-3)31-23(32)18(4)5/h10-12,14-15,18,21-22,28H,6-9,13,16-17,27H2,1-5H3,(H,29,33)(H,30,34)(H,31,32)/t21-,22-/m0/s1. The number of carbonyl (C=O) groups is 3. The van der Waals surface area contributed by atoms with Crippen LogP contribution in [0.1, 0.15) is 78.3 Å². The van der Waals surface area contributed by atoms with Crippen molar-refractivity contribution >= 4 is 17.7 Å². The molecule has 34 heavy (non-hydrogen) atoms. The molecule has 1 aromatic rings. The van der Waals surface area contributed by atoms with Crippen molar-refractivity contribution in [3.05, 3.63) is 48.3 Å². The summed E-state index contributed by atoms with van der Waals surface area (Å²) in [5.41, 5.74) is 5.50. The van der Waals surface area contributed by atoms with E-state index in [0.29, 0.717) is 44.5 Å². The van der Waals surface area contributed by atoms with Crippen LogP contribution in [0.3, 0.4) is 0 Å². The van der Waals surface area contributed by atoms with Gasteiger partial charge < -0.3 is 27.0 Å². The summed E-state index contributed by atoms with van der Waals surface area (Å²) in [7, 11) is 0. The first kappa shape index (κ1) is 29.0. The van der Waals surface area contributed by atoms with Gasteiger partial charge in [-0.25, -0.2) is 0 Å². The minimum Gasteiger partial charge on any atom is -0.386 e. The molecule has 0 fully saturated rings. The Hall–Kier alpha value is -3.03. The molecule has 3 amide bonds. The number of hydrogen-bond acceptors (Lipinski definition) is 5. The van der Waals surface area contributed by atoms with Crippen LogP contribution in [0.4, 0.5) is 0 Å². The second kappa shape index (κ2) is 14.3. The summed E-state index contributed by atoms with van der Waals surface area (Å²) in [5, 5.41) is 11.9. The van der Waals surface area contributed by atoms with E-state index in [1.165, 1.54) is 0 Å². The van der Waals surface area contributed by atoms with E-state index in [0.717, 1.165) is 5.56 Å². The zero-order chi connectivity index (χ0) is 25.7. The monoisotopic (exact) mass is 473 g/mol. The molecule has 1 rings (SSSR count). The maximum Gasteiger partial charge on any atom is 0.246 e. The molecule has 0 aliphatic heterocycles. The highest BCUT2D eigenvalue weighted by Gasteiger charge is 2.39. The molecule has 0 bridgehead atoms. The number of amides is 3. The lowest BCUT2D eigenvalue weighted by atomic mass is 9.90. The molecule has 190 valence electrons. The van der Waals surface area contributed by atoms with Gasteiger partial charge in [-0.1, -0.05) is 71.5 Å². The number of nitrogens with one attached hydrogen (secondary N) is 4. The Morgan fingerprint density at radius 2 is 1.62 bits per heavy atom. The maximum absolute atomic E-state index is 13.4. The van der Waals surface area contributed by atoms with Crippen molar-refractivity contribution in [2.75, 3.05) is 6.54 Å². The first-order valence-electron chi connectivity index (χ1n) is 12.3. The molecular weight excluding hydrogens is 430 g/mol. The van der Waals surface area contributed by atoms with E-state index in [1.807, 2.05) is 51.1 Å². The van der Waals surface area contributed by atoms with Crippen LogP contribution in [0.5, 0.6) is 0 Å². The third-order valence-electron chi connectivity index (χ3n) is 6.10. The number of carbonyl (C=O) groups excluding carboxylic acids is 3. The fraction of sp³-hybridized carbons (Fsp3) is 0.577. The molecule has 0 aromatic heterocycles. The average Bonchev–Trinajstić information content (AvgIpc) is 2.82. The van der Waals surface area contributed by atoms with Crippen LogP contribution < -0.4 is 27.0 Å². The summed E-state index contributed by atoms with van der Waals surface area (Å²) in [5.74, 6) is -0.702. The van der Waals surface area contributed by atoms with E-state index in [-0.39, 0.29) is 29.7 Å². The van der Waals surface area contributed by atoms with Crippen molar-refractivity contribution in [3.63, 3.8) is 0 Å². The van der Waals surface area contributed by atoms with Crippen LogP contribution in [-0.2, 0) is 14.4 Å². The van der Waals surface area contributed by atoms with Gasteiger partial charge in [0.1, 0.15) is 11.6 Å². The molecule has 0 aliphatic carbocycles. The van der Waals surface area contributed by atoms with E-state index in [2.05, 4.69) is 27.8 Å². The molecule has 0 radical (unpaired) electrons. The summed E-state index contributed by atoms with van der Waals surface area (Å²) < 4.78 is 0. The van der Waals surface area contributed by atoms with Crippen LogP contribution in [0.15, 0.2) is 42.7 Å². The lowest BCUT2D eigenvalue weighted by Gasteiger charge is -2.34. The first-order chi connectivity index (χ1) is 16.1. The largest absolute Gasteiger partial charge is 0.386 e. The molecule has 0 saturated heterocycles. The highest BCUT2D eigenvalue weighted by molar-refractivity contribution is 5.95. The van der Waals surface area contributed by atoms with Gasteiger partial charge in [0.2, 0.25) is 17.7 Å². The molecule has 0 spiro atoms. The Kier molecular flexibility index (Phi) is 12.2. The zero-order valence-corrected chi connectivity index (χ0v) is 21.4. The number of hydrogen-bond donors (Lipinski definition) is 5. The van der Waals surface area contributed by atoms with Crippen molar-refractivity contribution < 1.29 is 14.4 Å². The molecule has 0 heterocycles. The topological polar surface area (TPSA) is 125 Å². The van der Waals surface area contributed by atoms with E-state index in [9.17, 15) is 14.4 Å². The van der Waals surface area contributed by atoms with Gasteiger partial charge in [0.25, 0.3) is 0 Å². The van der Waals surface area contributed by atoms with Gasteiger partial charge >= 0.3 is 0 Å². The smallest absolute Gasteiger partial charge is 0.246 e. The Morgan fingerprint density at radius 1 is 1.00 bits per heavy atom. The molecule has 8 nitrogen and oxygen atoms in total. The molecular formula is C26H43N5O3. The zero-order valence-electron chi connectivity index (χ0n) is 21.4. The summed E-state index contributed by atoms with van der Waals surface area (Å²) in [6, 6.07) is 8.81. The number of nitrogens with two attached hydrogens (primary N) is 1. The van der Waals surface area contributed by atoms with Gasteiger partial charge in [-0.05, 0) is 37.7 Å². The fourth-order valence-electron chi connectivity index (χ4n) is 3.68. The summed E-state index contributed by atoms with van der Waals surface area (Å²) in [4.78, 5) is 39.1. The lowest BCUT2D eigenvalue weighted by Crippen LogP contribution is -2.62. The van der Waals surface area contributed by atoms with Gasteiger partial charge in [0.15, 0.2) is 0 Å². The Bertz CT molecular complexity index is 806. The van der Waals surface area contributed by atoms with Crippen molar-refractivity contribution in [1.29, 1.82) is 0 Å². The number of benzene rings is 1. The highest BCUT2D eigenvalue weighted by Crippen LogP contribution is 2.19. The lowest BCUT2D eigenvalue weighted by molar-refractivity contribution is -0.137. The maximum atomic E-state index is 13.4. The van der Waals surface area contributed by atoms with E-state index < -0.39 is 11.6 Å². The molecule has 2 atom stereocenters. The van der Waals surface area contributed by atoms with Gasteiger partial charge in [-0.3, -0.25) is 14.4 Å². The van der Waals surface area contributed by atoms with Gasteiger partial charge in [-0.2, -0.15) is 0 Å². The van der Waals surface area contributed by atoms with E-state index in [4.69, 9.17) is 5.73 Å². The average molecular weight is 474 g/mol. The van der Waals surface area contributed by atoms with Crippen molar-refractivity contribution in [2.24, 2.45) is 11.7 Å². The Morgan fingerprint density at radius 3 is 2.12 bits per heavy atom. The second-order valence-electron chi connectivity index (χ2n) is 8.93. The van der Waals surface area contributed by atoms with Crippen molar-refractivity contribution in [3.8, 4) is 0 Å². The van der Waals surface area contributed by atoms with Crippen LogP contribution in [-0.4, -0.2) is 35.8 Å². The molecule has 1 aromatic carbocycles. The number of rotatable bonds is 15. The van der Waals surface area contributed by atoms with Crippen LogP contribution in [0, 0.1) is 5.92 Å². The predicted molar refractivity (Wildman–Crippen MR) is 136 cm³/mol.